The van der Waals surface area contributed by atoms with Crippen LogP contribution in [0.3, 0.4) is 0 Å². The fraction of sp³-hybridized carbons (Fsp3) is 0.308. The van der Waals surface area contributed by atoms with E-state index < -0.39 is 0 Å². The van der Waals surface area contributed by atoms with E-state index in [2.05, 4.69) is 40.1 Å². The third-order valence-corrected chi connectivity index (χ3v) is 3.51. The molecule has 16 heavy (non-hydrogen) atoms. The summed E-state index contributed by atoms with van der Waals surface area (Å²) in [7, 11) is 2.00. The molecule has 2 heterocycles. The number of nitrogens with zero attached hydrogens (tertiary/aromatic N) is 1. The van der Waals surface area contributed by atoms with Crippen LogP contribution in [0.1, 0.15) is 22.9 Å². The Kier molecular flexibility index (Phi) is 3.70. The second kappa shape index (κ2) is 5.23. The van der Waals surface area contributed by atoms with Crippen LogP contribution >= 0.6 is 11.3 Å². The predicted octanol–water partition coefficient (Wildman–Crippen LogP) is 2.95. The number of likely N-dealkylation sites (N-methyl/N-ethyl adjacent to an activating group) is 1. The highest BCUT2D eigenvalue weighted by molar-refractivity contribution is 7.07. The third kappa shape index (κ3) is 2.49. The number of hydrogen-bond acceptors (Lipinski definition) is 3. The Hall–Kier alpha value is -1.19. The van der Waals surface area contributed by atoms with Crippen LogP contribution < -0.4 is 5.32 Å². The lowest BCUT2D eigenvalue weighted by Gasteiger charge is -2.15. The van der Waals surface area contributed by atoms with Gasteiger partial charge in [-0.15, -0.1) is 0 Å². The lowest BCUT2D eigenvalue weighted by molar-refractivity contribution is 0.584. The SMILES string of the molecule is CNC(Cc1ncccc1C)c1ccsc1. The lowest BCUT2D eigenvalue weighted by Crippen LogP contribution is -2.19. The Labute approximate surface area is 100 Å². The first-order valence-corrected chi connectivity index (χ1v) is 6.35. The zero-order valence-electron chi connectivity index (χ0n) is 9.60. The van der Waals surface area contributed by atoms with Crippen LogP contribution in [0, 0.1) is 6.92 Å². The van der Waals surface area contributed by atoms with E-state index >= 15 is 0 Å². The average molecular weight is 232 g/mol. The molecule has 0 spiro atoms. The van der Waals surface area contributed by atoms with Gasteiger partial charge >= 0.3 is 0 Å². The first kappa shape index (κ1) is 11.3. The number of hydrogen-bond donors (Lipinski definition) is 1. The zero-order chi connectivity index (χ0) is 11.4. The molecule has 0 aliphatic heterocycles. The van der Waals surface area contributed by atoms with Gasteiger partial charge in [-0.1, -0.05) is 6.07 Å². The van der Waals surface area contributed by atoms with Crippen molar-refractivity contribution >= 4 is 11.3 Å². The summed E-state index contributed by atoms with van der Waals surface area (Å²) < 4.78 is 0. The first-order chi connectivity index (χ1) is 7.81. The van der Waals surface area contributed by atoms with Gasteiger partial charge in [0.05, 0.1) is 0 Å². The number of aryl methyl sites for hydroxylation is 1. The van der Waals surface area contributed by atoms with Gasteiger partial charge in [0.2, 0.25) is 0 Å². The van der Waals surface area contributed by atoms with Crippen molar-refractivity contribution < 1.29 is 0 Å². The van der Waals surface area contributed by atoms with Crippen LogP contribution in [0.25, 0.3) is 0 Å². The van der Waals surface area contributed by atoms with E-state index in [1.807, 2.05) is 19.3 Å². The normalized spacial score (nSPS) is 12.6. The number of aromatic nitrogens is 1. The van der Waals surface area contributed by atoms with Crippen LogP contribution in [-0.2, 0) is 6.42 Å². The second-order valence-corrected chi connectivity index (χ2v) is 4.65. The Balaban J connectivity index is 2.17. The van der Waals surface area contributed by atoms with Gasteiger partial charge in [-0.25, -0.2) is 0 Å². The molecule has 0 radical (unpaired) electrons. The standard InChI is InChI=1S/C13H16N2S/c1-10-4-3-6-15-12(10)8-13(14-2)11-5-7-16-9-11/h3-7,9,13-14H,8H2,1-2H3. The average Bonchev–Trinajstić information content (AvgIpc) is 2.81. The maximum atomic E-state index is 4.44. The predicted molar refractivity (Wildman–Crippen MR) is 68.8 cm³/mol. The molecule has 0 aliphatic carbocycles. The van der Waals surface area contributed by atoms with Crippen molar-refractivity contribution in [3.05, 3.63) is 52.0 Å². The summed E-state index contributed by atoms with van der Waals surface area (Å²) in [5.74, 6) is 0. The molecule has 84 valence electrons. The molecule has 0 amide bonds. The number of pyridine rings is 1. The molecule has 1 unspecified atom stereocenters. The van der Waals surface area contributed by atoms with Crippen LogP contribution in [0.4, 0.5) is 0 Å². The highest BCUT2D eigenvalue weighted by Gasteiger charge is 2.12. The van der Waals surface area contributed by atoms with Crippen LogP contribution in [0.2, 0.25) is 0 Å². The molecule has 0 saturated heterocycles. The van der Waals surface area contributed by atoms with E-state index in [-0.39, 0.29) is 0 Å². The van der Waals surface area contributed by atoms with Gasteiger partial charge in [0.15, 0.2) is 0 Å². The number of nitrogens with one attached hydrogen (secondary N) is 1. The van der Waals surface area contributed by atoms with Crippen LogP contribution in [0.5, 0.6) is 0 Å². The molecule has 0 aromatic carbocycles. The molecule has 0 bridgehead atoms. The van der Waals surface area contributed by atoms with E-state index in [0.717, 1.165) is 6.42 Å². The number of thiophene rings is 1. The molecule has 0 fully saturated rings. The van der Waals surface area contributed by atoms with Crippen molar-refractivity contribution in [3.63, 3.8) is 0 Å². The number of rotatable bonds is 4. The van der Waals surface area contributed by atoms with E-state index in [1.165, 1.54) is 16.8 Å². The summed E-state index contributed by atoms with van der Waals surface area (Å²) >= 11 is 1.74. The quantitative estimate of drug-likeness (QED) is 0.876. The minimum Gasteiger partial charge on any atom is -0.313 e. The maximum absolute atomic E-state index is 4.44. The minimum atomic E-state index is 0.361. The Morgan fingerprint density at radius 3 is 2.94 bits per heavy atom. The molecule has 2 aromatic rings. The van der Waals surface area contributed by atoms with E-state index in [0.29, 0.717) is 6.04 Å². The molecule has 2 rings (SSSR count). The van der Waals surface area contributed by atoms with Crippen molar-refractivity contribution in [3.8, 4) is 0 Å². The summed E-state index contributed by atoms with van der Waals surface area (Å²) in [6, 6.07) is 6.63. The van der Waals surface area contributed by atoms with Crippen molar-refractivity contribution in [1.29, 1.82) is 0 Å². The van der Waals surface area contributed by atoms with Crippen LogP contribution in [-0.4, -0.2) is 12.0 Å². The lowest BCUT2D eigenvalue weighted by atomic mass is 10.0. The van der Waals surface area contributed by atoms with Gasteiger partial charge in [-0.3, -0.25) is 4.98 Å². The Morgan fingerprint density at radius 1 is 1.44 bits per heavy atom. The van der Waals surface area contributed by atoms with Gasteiger partial charge < -0.3 is 5.32 Å². The van der Waals surface area contributed by atoms with Crippen molar-refractivity contribution in [2.24, 2.45) is 0 Å². The molecule has 0 aliphatic rings. The summed E-state index contributed by atoms with van der Waals surface area (Å²) in [4.78, 5) is 4.44. The topological polar surface area (TPSA) is 24.9 Å². The molecular formula is C13H16N2S. The van der Waals surface area contributed by atoms with Gasteiger partial charge in [0.1, 0.15) is 0 Å². The monoisotopic (exact) mass is 232 g/mol. The molecule has 1 atom stereocenters. The largest absolute Gasteiger partial charge is 0.313 e. The summed E-state index contributed by atoms with van der Waals surface area (Å²) in [5, 5.41) is 7.66. The highest BCUT2D eigenvalue weighted by atomic mass is 32.1. The minimum absolute atomic E-state index is 0.361. The highest BCUT2D eigenvalue weighted by Crippen LogP contribution is 2.20. The first-order valence-electron chi connectivity index (χ1n) is 5.41. The van der Waals surface area contributed by atoms with Gasteiger partial charge in [-0.05, 0) is 48.0 Å². The zero-order valence-corrected chi connectivity index (χ0v) is 10.4. The van der Waals surface area contributed by atoms with Crippen molar-refractivity contribution in [2.45, 2.75) is 19.4 Å². The molecule has 2 aromatic heterocycles. The molecule has 3 heteroatoms. The van der Waals surface area contributed by atoms with E-state index in [9.17, 15) is 0 Å². The smallest absolute Gasteiger partial charge is 0.0451 e. The van der Waals surface area contributed by atoms with Crippen molar-refractivity contribution in [2.75, 3.05) is 7.05 Å². The second-order valence-electron chi connectivity index (χ2n) is 3.87. The maximum Gasteiger partial charge on any atom is 0.0451 e. The van der Waals surface area contributed by atoms with E-state index in [4.69, 9.17) is 0 Å². The van der Waals surface area contributed by atoms with Crippen LogP contribution in [0.15, 0.2) is 35.2 Å². The summed E-state index contributed by atoms with van der Waals surface area (Å²) in [6.45, 7) is 2.11. The van der Waals surface area contributed by atoms with Gasteiger partial charge in [0.25, 0.3) is 0 Å². The van der Waals surface area contributed by atoms with Gasteiger partial charge in [0, 0.05) is 24.4 Å². The molecular weight excluding hydrogens is 216 g/mol. The fourth-order valence-electron chi connectivity index (χ4n) is 1.79. The third-order valence-electron chi connectivity index (χ3n) is 2.81. The fourth-order valence-corrected chi connectivity index (χ4v) is 2.50. The van der Waals surface area contributed by atoms with E-state index in [1.54, 1.807) is 11.3 Å². The Bertz CT molecular complexity index is 437. The summed E-state index contributed by atoms with van der Waals surface area (Å²) in [5.41, 5.74) is 3.78. The summed E-state index contributed by atoms with van der Waals surface area (Å²) in [6.07, 6.45) is 2.81. The van der Waals surface area contributed by atoms with Crippen molar-refractivity contribution in [1.82, 2.24) is 10.3 Å². The Morgan fingerprint density at radius 2 is 2.31 bits per heavy atom. The molecule has 2 nitrogen and oxygen atoms in total. The van der Waals surface area contributed by atoms with Gasteiger partial charge in [-0.2, -0.15) is 11.3 Å². The molecule has 0 saturated carbocycles. The molecule has 1 N–H and O–H groups in total.